The average Bonchev–Trinajstić information content (AvgIpc) is 2.88. The van der Waals surface area contributed by atoms with E-state index in [2.05, 4.69) is 16.0 Å². The lowest BCUT2D eigenvalue weighted by atomic mass is 10.0. The van der Waals surface area contributed by atoms with E-state index >= 15 is 0 Å². The van der Waals surface area contributed by atoms with Crippen LogP contribution >= 0.6 is 0 Å². The molecule has 0 aliphatic carbocycles. The maximum Gasteiger partial charge on any atom is 0.326 e. The molecule has 0 aliphatic rings. The van der Waals surface area contributed by atoms with Gasteiger partial charge >= 0.3 is 11.9 Å². The molecule has 0 aliphatic heterocycles. The van der Waals surface area contributed by atoms with E-state index in [1.54, 1.807) is 30.3 Å². The van der Waals surface area contributed by atoms with Crippen LogP contribution in [0, 0.1) is 0 Å². The number of carbonyl (C=O) groups is 6. The number of carbonyl (C=O) groups excluding carboxylic acids is 4. The number of unbranched alkanes of at least 4 members (excludes halogenated alkanes) is 1. The van der Waals surface area contributed by atoms with Gasteiger partial charge in [0, 0.05) is 19.3 Å². The second-order valence-corrected chi connectivity index (χ2v) is 9.04. The number of carboxylic acid groups (broad SMARTS) is 2. The molecule has 216 valence electrons. The Bertz CT molecular complexity index is 990. The zero-order chi connectivity index (χ0) is 29.4. The van der Waals surface area contributed by atoms with E-state index in [1.165, 1.54) is 0 Å². The van der Waals surface area contributed by atoms with Crippen LogP contribution in [0.5, 0.6) is 0 Å². The van der Waals surface area contributed by atoms with Crippen molar-refractivity contribution in [2.24, 2.45) is 17.2 Å². The number of nitrogens with one attached hydrogen (secondary N) is 3. The summed E-state index contributed by atoms with van der Waals surface area (Å²) < 4.78 is 0. The molecule has 14 nitrogen and oxygen atoms in total. The summed E-state index contributed by atoms with van der Waals surface area (Å²) in [5.74, 6) is -5.59. The number of benzene rings is 1. The normalized spacial score (nSPS) is 13.8. The van der Waals surface area contributed by atoms with Crippen LogP contribution in [0.3, 0.4) is 0 Å². The lowest BCUT2D eigenvalue weighted by Crippen LogP contribution is -2.57. The Hall–Kier alpha value is -4.04. The zero-order valence-corrected chi connectivity index (χ0v) is 21.6. The number of hydrogen-bond donors (Lipinski definition) is 8. The van der Waals surface area contributed by atoms with E-state index in [1.807, 2.05) is 0 Å². The van der Waals surface area contributed by atoms with Gasteiger partial charge in [0.2, 0.25) is 23.6 Å². The van der Waals surface area contributed by atoms with Gasteiger partial charge in [-0.1, -0.05) is 30.3 Å². The molecule has 1 aromatic rings. The SMILES string of the molecule is NCCCC[C@H](NC(=O)[C@H](CCC(=O)O)NC(=O)[C@H](Cc1ccccc1)NC(=O)[C@@H](N)CCC(N)=O)C(=O)O. The smallest absolute Gasteiger partial charge is 0.326 e. The number of aliphatic carboxylic acids is 2. The van der Waals surface area contributed by atoms with Gasteiger partial charge < -0.3 is 43.4 Å². The van der Waals surface area contributed by atoms with Crippen LogP contribution in [0.1, 0.15) is 50.5 Å². The molecule has 0 unspecified atom stereocenters. The third-order valence-corrected chi connectivity index (χ3v) is 5.80. The van der Waals surface area contributed by atoms with Crippen LogP contribution in [-0.2, 0) is 35.2 Å². The molecule has 4 amide bonds. The molecule has 14 heteroatoms. The molecule has 0 fully saturated rings. The highest BCUT2D eigenvalue weighted by Crippen LogP contribution is 2.08. The molecule has 0 saturated heterocycles. The standard InChI is InChI=1S/C25H38N6O8/c26-13-5-4-8-18(25(38)39)30-23(36)17(10-12-21(33)34)29-24(37)19(14-15-6-2-1-3-7-15)31-22(35)16(27)9-11-20(28)32/h1-3,6-7,16-19H,4-5,8-14,26-27H2,(H2,28,32)(H,29,37)(H,30,36)(H,31,35)(H,33,34)(H,38,39)/t16-,17-,18-,19-/m0/s1. The fraction of sp³-hybridized carbons (Fsp3) is 0.520. The van der Waals surface area contributed by atoms with E-state index in [-0.39, 0.29) is 32.1 Å². The molecule has 39 heavy (non-hydrogen) atoms. The molecular weight excluding hydrogens is 512 g/mol. The van der Waals surface area contributed by atoms with E-state index in [0.29, 0.717) is 24.9 Å². The van der Waals surface area contributed by atoms with Gasteiger partial charge in [-0.25, -0.2) is 4.79 Å². The van der Waals surface area contributed by atoms with Crippen molar-refractivity contribution < 1.29 is 39.0 Å². The predicted octanol–water partition coefficient (Wildman–Crippen LogP) is -1.65. The van der Waals surface area contributed by atoms with Crippen LogP contribution in [0.25, 0.3) is 0 Å². The molecule has 0 saturated carbocycles. The summed E-state index contributed by atoms with van der Waals surface area (Å²) in [6, 6.07) is 3.61. The van der Waals surface area contributed by atoms with Crippen LogP contribution in [0.2, 0.25) is 0 Å². The van der Waals surface area contributed by atoms with Crippen LogP contribution in [0.4, 0.5) is 0 Å². The average molecular weight is 551 g/mol. The van der Waals surface area contributed by atoms with Crippen molar-refractivity contribution in [3.8, 4) is 0 Å². The summed E-state index contributed by atoms with van der Waals surface area (Å²) in [4.78, 5) is 72.7. The summed E-state index contributed by atoms with van der Waals surface area (Å²) in [6.45, 7) is 0.346. The molecule has 4 atom stereocenters. The molecule has 0 radical (unpaired) electrons. The topological polar surface area (TPSA) is 257 Å². The van der Waals surface area contributed by atoms with Gasteiger partial charge in [-0.15, -0.1) is 0 Å². The van der Waals surface area contributed by atoms with Crippen molar-refractivity contribution in [2.75, 3.05) is 6.54 Å². The van der Waals surface area contributed by atoms with E-state index in [9.17, 15) is 33.9 Å². The van der Waals surface area contributed by atoms with Crippen molar-refractivity contribution in [3.05, 3.63) is 35.9 Å². The minimum Gasteiger partial charge on any atom is -0.481 e. The first-order chi connectivity index (χ1) is 18.4. The highest BCUT2D eigenvalue weighted by atomic mass is 16.4. The van der Waals surface area contributed by atoms with Crippen LogP contribution < -0.4 is 33.2 Å². The van der Waals surface area contributed by atoms with Crippen molar-refractivity contribution >= 4 is 35.6 Å². The summed E-state index contributed by atoms with van der Waals surface area (Å²) in [5.41, 5.74) is 17.0. The molecule has 1 aromatic carbocycles. The minimum atomic E-state index is -1.40. The predicted molar refractivity (Wildman–Crippen MR) is 140 cm³/mol. The largest absolute Gasteiger partial charge is 0.481 e. The Labute approximate surface area is 226 Å². The fourth-order valence-electron chi connectivity index (χ4n) is 3.60. The molecule has 11 N–H and O–H groups in total. The van der Waals surface area contributed by atoms with Gasteiger partial charge in [0.05, 0.1) is 6.04 Å². The molecule has 0 spiro atoms. The van der Waals surface area contributed by atoms with Crippen LogP contribution in [-0.4, -0.2) is 76.5 Å². The van der Waals surface area contributed by atoms with Gasteiger partial charge in [-0.2, -0.15) is 0 Å². The first kappa shape index (κ1) is 33.0. The van der Waals surface area contributed by atoms with Crippen LogP contribution in [0.15, 0.2) is 30.3 Å². The number of rotatable bonds is 19. The number of carboxylic acids is 2. The summed E-state index contributed by atoms with van der Waals surface area (Å²) in [5, 5.41) is 25.9. The Balaban J connectivity index is 3.09. The number of amides is 4. The maximum absolute atomic E-state index is 13.3. The highest BCUT2D eigenvalue weighted by molar-refractivity contribution is 5.94. The van der Waals surface area contributed by atoms with E-state index < -0.39 is 66.2 Å². The third kappa shape index (κ3) is 13.4. The van der Waals surface area contributed by atoms with Crippen molar-refractivity contribution in [3.63, 3.8) is 0 Å². The first-order valence-electron chi connectivity index (χ1n) is 12.6. The number of nitrogens with two attached hydrogens (primary N) is 3. The van der Waals surface area contributed by atoms with Gasteiger partial charge in [0.15, 0.2) is 0 Å². The lowest BCUT2D eigenvalue weighted by molar-refractivity contribution is -0.143. The Morgan fingerprint density at radius 1 is 0.744 bits per heavy atom. The molecule has 0 bridgehead atoms. The van der Waals surface area contributed by atoms with Gasteiger partial charge in [0.1, 0.15) is 18.1 Å². The summed E-state index contributed by atoms with van der Waals surface area (Å²) >= 11 is 0. The van der Waals surface area contributed by atoms with Crippen molar-refractivity contribution in [1.82, 2.24) is 16.0 Å². The third-order valence-electron chi connectivity index (χ3n) is 5.80. The monoisotopic (exact) mass is 550 g/mol. The highest BCUT2D eigenvalue weighted by Gasteiger charge is 2.30. The van der Waals surface area contributed by atoms with Crippen molar-refractivity contribution in [1.29, 1.82) is 0 Å². The fourth-order valence-corrected chi connectivity index (χ4v) is 3.60. The van der Waals surface area contributed by atoms with Gasteiger partial charge in [-0.05, 0) is 44.2 Å². The van der Waals surface area contributed by atoms with E-state index in [4.69, 9.17) is 22.3 Å². The quantitative estimate of drug-likeness (QED) is 0.0910. The molecule has 0 heterocycles. The molecule has 0 aromatic heterocycles. The molecule has 1 rings (SSSR count). The second kappa shape index (κ2) is 17.5. The Morgan fingerprint density at radius 3 is 1.90 bits per heavy atom. The first-order valence-corrected chi connectivity index (χ1v) is 12.6. The van der Waals surface area contributed by atoms with Gasteiger partial charge in [0.25, 0.3) is 0 Å². The van der Waals surface area contributed by atoms with Crippen molar-refractivity contribution in [2.45, 2.75) is 75.5 Å². The minimum absolute atomic E-state index is 0.00502. The number of hydrogen-bond acceptors (Lipinski definition) is 8. The maximum atomic E-state index is 13.3. The lowest BCUT2D eigenvalue weighted by Gasteiger charge is -2.25. The van der Waals surface area contributed by atoms with Gasteiger partial charge in [-0.3, -0.25) is 24.0 Å². The summed E-state index contributed by atoms with van der Waals surface area (Å²) in [7, 11) is 0. The van der Waals surface area contributed by atoms with E-state index in [0.717, 1.165) is 0 Å². The summed E-state index contributed by atoms with van der Waals surface area (Å²) in [6.07, 6.45) is 0.0626. The Morgan fingerprint density at radius 2 is 1.33 bits per heavy atom. The second-order valence-electron chi connectivity index (χ2n) is 9.04. The molecular formula is C25H38N6O8. The Kier molecular flexibility index (Phi) is 14.8. The number of primary amides is 1. The zero-order valence-electron chi connectivity index (χ0n) is 21.6.